The molecule has 2 amide bonds. The SMILES string of the molecule is C[C@@H]1c2cc(N3CCN(C(=O)C(C)(C)C)CC3)ccc2[C@@H](C)CCN1C(=O)OCc1ccccc1. The zero-order valence-corrected chi connectivity index (χ0v) is 21.8. The van der Waals surface area contributed by atoms with Gasteiger partial charge < -0.3 is 19.4 Å². The van der Waals surface area contributed by atoms with E-state index in [0.717, 1.165) is 43.9 Å². The Hall–Kier alpha value is -3.02. The van der Waals surface area contributed by atoms with Crippen molar-refractivity contribution < 1.29 is 14.3 Å². The highest BCUT2D eigenvalue weighted by atomic mass is 16.6. The first-order valence-electron chi connectivity index (χ1n) is 12.8. The summed E-state index contributed by atoms with van der Waals surface area (Å²) in [6.07, 6.45) is 0.645. The molecular weight excluding hydrogens is 438 g/mol. The molecule has 0 bridgehead atoms. The Balaban J connectivity index is 1.48. The number of rotatable bonds is 3. The molecule has 0 aliphatic carbocycles. The van der Waals surface area contributed by atoms with E-state index in [9.17, 15) is 9.59 Å². The van der Waals surface area contributed by atoms with E-state index >= 15 is 0 Å². The molecule has 6 nitrogen and oxygen atoms in total. The molecule has 0 unspecified atom stereocenters. The van der Waals surface area contributed by atoms with Crippen LogP contribution in [0.4, 0.5) is 10.5 Å². The molecule has 188 valence electrons. The predicted octanol–water partition coefficient (Wildman–Crippen LogP) is 5.59. The fourth-order valence-electron chi connectivity index (χ4n) is 5.11. The summed E-state index contributed by atoms with van der Waals surface area (Å²) >= 11 is 0. The van der Waals surface area contributed by atoms with Crippen LogP contribution in [0.5, 0.6) is 0 Å². The van der Waals surface area contributed by atoms with E-state index in [1.807, 2.05) is 60.9 Å². The number of carbonyl (C=O) groups is 2. The Morgan fingerprint density at radius 3 is 2.26 bits per heavy atom. The van der Waals surface area contributed by atoms with Gasteiger partial charge in [0.25, 0.3) is 0 Å². The molecule has 0 N–H and O–H groups in total. The maximum atomic E-state index is 13.1. The fraction of sp³-hybridized carbons (Fsp3) is 0.517. The number of ether oxygens (including phenoxy) is 1. The van der Waals surface area contributed by atoms with Crippen molar-refractivity contribution in [1.82, 2.24) is 9.80 Å². The van der Waals surface area contributed by atoms with Crippen LogP contribution >= 0.6 is 0 Å². The molecule has 2 aliphatic heterocycles. The first-order valence-corrected chi connectivity index (χ1v) is 12.8. The quantitative estimate of drug-likeness (QED) is 0.578. The second kappa shape index (κ2) is 10.3. The Bertz CT molecular complexity index is 1040. The number of amides is 2. The summed E-state index contributed by atoms with van der Waals surface area (Å²) in [5.74, 6) is 0.584. The van der Waals surface area contributed by atoms with Crippen LogP contribution in [-0.4, -0.2) is 54.5 Å². The van der Waals surface area contributed by atoms with Crippen molar-refractivity contribution in [3.05, 3.63) is 65.2 Å². The van der Waals surface area contributed by atoms with Crippen molar-refractivity contribution in [1.29, 1.82) is 0 Å². The first-order chi connectivity index (χ1) is 16.6. The average Bonchev–Trinajstić information content (AvgIpc) is 2.98. The number of hydrogen-bond acceptors (Lipinski definition) is 4. The number of carbonyl (C=O) groups excluding carboxylic acids is 2. The first kappa shape index (κ1) is 25.1. The summed E-state index contributed by atoms with van der Waals surface area (Å²) in [7, 11) is 0. The molecule has 6 heteroatoms. The summed E-state index contributed by atoms with van der Waals surface area (Å²) < 4.78 is 5.69. The highest BCUT2D eigenvalue weighted by Crippen LogP contribution is 2.37. The van der Waals surface area contributed by atoms with Crippen LogP contribution in [0.25, 0.3) is 0 Å². The normalized spacial score (nSPS) is 20.8. The number of nitrogens with zero attached hydrogens (tertiary/aromatic N) is 3. The summed E-state index contributed by atoms with van der Waals surface area (Å²) in [5.41, 5.74) is 4.29. The molecule has 2 atom stereocenters. The molecule has 35 heavy (non-hydrogen) atoms. The molecule has 2 aromatic rings. The van der Waals surface area contributed by atoms with E-state index in [1.54, 1.807) is 0 Å². The Kier molecular flexibility index (Phi) is 7.39. The standard InChI is InChI=1S/C29H39N3O3/c1-21-13-14-32(28(34)35-20-23-9-7-6-8-10-23)22(2)26-19-24(11-12-25(21)26)30-15-17-31(18-16-30)27(33)29(3,4)5/h6-12,19,21-22H,13-18,20H2,1-5H3/t21-,22+/m0/s1. The van der Waals surface area contributed by atoms with Gasteiger partial charge in [-0.3, -0.25) is 4.79 Å². The van der Waals surface area contributed by atoms with Crippen LogP contribution < -0.4 is 4.90 Å². The van der Waals surface area contributed by atoms with Crippen LogP contribution in [0.3, 0.4) is 0 Å². The number of benzene rings is 2. The smallest absolute Gasteiger partial charge is 0.410 e. The third-order valence-electron chi connectivity index (χ3n) is 7.34. The van der Waals surface area contributed by atoms with E-state index in [0.29, 0.717) is 12.5 Å². The molecule has 0 radical (unpaired) electrons. The second-order valence-electron chi connectivity index (χ2n) is 10.9. The van der Waals surface area contributed by atoms with Crippen molar-refractivity contribution in [2.45, 2.75) is 59.6 Å². The third kappa shape index (κ3) is 5.63. The maximum Gasteiger partial charge on any atom is 0.410 e. The van der Waals surface area contributed by atoms with Gasteiger partial charge in [0.2, 0.25) is 5.91 Å². The fourth-order valence-corrected chi connectivity index (χ4v) is 5.11. The van der Waals surface area contributed by atoms with E-state index in [1.165, 1.54) is 11.1 Å². The maximum absolute atomic E-state index is 13.1. The van der Waals surface area contributed by atoms with Crippen LogP contribution in [0.1, 0.15) is 69.7 Å². The van der Waals surface area contributed by atoms with Gasteiger partial charge in [0.05, 0.1) is 6.04 Å². The summed E-state index contributed by atoms with van der Waals surface area (Å²) in [6.45, 7) is 14.3. The van der Waals surface area contributed by atoms with Crippen LogP contribution in [0.15, 0.2) is 48.5 Å². The number of anilines is 1. The van der Waals surface area contributed by atoms with Crippen molar-refractivity contribution in [2.24, 2.45) is 5.41 Å². The number of piperazine rings is 1. The molecule has 2 heterocycles. The number of fused-ring (bicyclic) bond motifs is 1. The van der Waals surface area contributed by atoms with Gasteiger partial charge in [-0.05, 0) is 48.1 Å². The van der Waals surface area contributed by atoms with Crippen LogP contribution in [-0.2, 0) is 16.1 Å². The number of hydrogen-bond donors (Lipinski definition) is 0. The summed E-state index contributed by atoms with van der Waals surface area (Å²) in [4.78, 5) is 32.0. The largest absolute Gasteiger partial charge is 0.445 e. The van der Waals surface area contributed by atoms with Gasteiger partial charge in [-0.15, -0.1) is 0 Å². The van der Waals surface area contributed by atoms with E-state index in [-0.39, 0.29) is 30.1 Å². The van der Waals surface area contributed by atoms with E-state index < -0.39 is 0 Å². The highest BCUT2D eigenvalue weighted by molar-refractivity contribution is 5.81. The van der Waals surface area contributed by atoms with Crippen molar-refractivity contribution in [3.8, 4) is 0 Å². The monoisotopic (exact) mass is 477 g/mol. The van der Waals surface area contributed by atoms with Gasteiger partial charge in [-0.1, -0.05) is 64.1 Å². The minimum Gasteiger partial charge on any atom is -0.445 e. The van der Waals surface area contributed by atoms with E-state index in [2.05, 4.69) is 36.9 Å². The highest BCUT2D eigenvalue weighted by Gasteiger charge is 2.32. The molecule has 2 aliphatic rings. The lowest BCUT2D eigenvalue weighted by Gasteiger charge is -2.39. The lowest BCUT2D eigenvalue weighted by atomic mass is 9.91. The molecule has 1 fully saturated rings. The Labute approximate surface area is 209 Å². The van der Waals surface area contributed by atoms with Gasteiger partial charge in [-0.2, -0.15) is 0 Å². The summed E-state index contributed by atoms with van der Waals surface area (Å²) in [5, 5.41) is 0. The molecular formula is C29H39N3O3. The topological polar surface area (TPSA) is 53.1 Å². The zero-order chi connectivity index (χ0) is 25.2. The Morgan fingerprint density at radius 2 is 1.60 bits per heavy atom. The van der Waals surface area contributed by atoms with Gasteiger partial charge in [0, 0.05) is 43.8 Å². The zero-order valence-electron chi connectivity index (χ0n) is 21.8. The molecule has 4 rings (SSSR count). The van der Waals surface area contributed by atoms with Crippen molar-refractivity contribution in [3.63, 3.8) is 0 Å². The summed E-state index contributed by atoms with van der Waals surface area (Å²) in [6, 6.07) is 16.4. The van der Waals surface area contributed by atoms with Gasteiger partial charge in [0.15, 0.2) is 0 Å². The molecule has 0 aromatic heterocycles. The van der Waals surface area contributed by atoms with Crippen LogP contribution in [0.2, 0.25) is 0 Å². The predicted molar refractivity (Wildman–Crippen MR) is 139 cm³/mol. The van der Waals surface area contributed by atoms with Gasteiger partial charge in [-0.25, -0.2) is 4.79 Å². The average molecular weight is 478 g/mol. The Morgan fingerprint density at radius 1 is 0.914 bits per heavy atom. The molecule has 2 aromatic carbocycles. The molecule has 0 spiro atoms. The minimum absolute atomic E-state index is 0.0677. The minimum atomic E-state index is -0.351. The second-order valence-corrected chi connectivity index (χ2v) is 10.9. The van der Waals surface area contributed by atoms with Crippen molar-refractivity contribution in [2.75, 3.05) is 37.6 Å². The molecule has 0 saturated carbocycles. The van der Waals surface area contributed by atoms with Crippen LogP contribution in [0, 0.1) is 5.41 Å². The molecule has 1 saturated heterocycles. The van der Waals surface area contributed by atoms with Gasteiger partial charge in [0.1, 0.15) is 6.61 Å². The van der Waals surface area contributed by atoms with Crippen molar-refractivity contribution >= 4 is 17.7 Å². The lowest BCUT2D eigenvalue weighted by Crippen LogP contribution is -2.51. The van der Waals surface area contributed by atoms with E-state index in [4.69, 9.17) is 4.74 Å². The third-order valence-corrected chi connectivity index (χ3v) is 7.34. The lowest BCUT2D eigenvalue weighted by molar-refractivity contribution is -0.139. The van der Waals surface area contributed by atoms with Gasteiger partial charge >= 0.3 is 6.09 Å².